The summed E-state index contributed by atoms with van der Waals surface area (Å²) in [4.78, 5) is 6.60. The van der Waals surface area contributed by atoms with E-state index in [1.54, 1.807) is 6.20 Å². The predicted octanol–water partition coefficient (Wildman–Crippen LogP) is 2.69. The van der Waals surface area contributed by atoms with Crippen LogP contribution < -0.4 is 5.32 Å². The van der Waals surface area contributed by atoms with Crippen LogP contribution in [0, 0.1) is 11.7 Å². The van der Waals surface area contributed by atoms with Crippen molar-refractivity contribution in [2.45, 2.75) is 25.5 Å². The molecule has 2 heterocycles. The molecule has 1 saturated heterocycles. The van der Waals surface area contributed by atoms with Gasteiger partial charge >= 0.3 is 0 Å². The Labute approximate surface area is 142 Å². The van der Waals surface area contributed by atoms with Gasteiger partial charge in [-0.05, 0) is 49.1 Å². The summed E-state index contributed by atoms with van der Waals surface area (Å²) < 4.78 is 13.0. The molecule has 1 aliphatic rings. The summed E-state index contributed by atoms with van der Waals surface area (Å²) in [6.07, 6.45) is 3.15. The summed E-state index contributed by atoms with van der Waals surface area (Å²) in [6, 6.07) is 10.6. The van der Waals surface area contributed by atoms with E-state index in [4.69, 9.17) is 0 Å². The van der Waals surface area contributed by atoms with E-state index in [1.165, 1.54) is 12.1 Å². The minimum Gasteiger partial charge on any atom is -0.391 e. The van der Waals surface area contributed by atoms with Crippen molar-refractivity contribution >= 4 is 5.82 Å². The summed E-state index contributed by atoms with van der Waals surface area (Å²) in [7, 11) is 1.87. The van der Waals surface area contributed by atoms with Crippen molar-refractivity contribution in [2.75, 3.05) is 25.5 Å². The van der Waals surface area contributed by atoms with E-state index in [9.17, 15) is 9.50 Å². The van der Waals surface area contributed by atoms with E-state index in [0.29, 0.717) is 6.54 Å². The normalized spacial score (nSPS) is 21.6. The molecule has 0 bridgehead atoms. The second-order valence-corrected chi connectivity index (χ2v) is 6.44. The maximum Gasteiger partial charge on any atom is 0.130 e. The third kappa shape index (κ3) is 4.10. The van der Waals surface area contributed by atoms with Gasteiger partial charge in [0.05, 0.1) is 6.10 Å². The number of piperidine rings is 1. The van der Waals surface area contributed by atoms with Crippen LogP contribution in [0.25, 0.3) is 0 Å². The average molecular weight is 329 g/mol. The van der Waals surface area contributed by atoms with Crippen LogP contribution in [0.1, 0.15) is 17.5 Å². The maximum atomic E-state index is 13.0. The molecule has 2 atom stereocenters. The quantitative estimate of drug-likeness (QED) is 0.885. The molecule has 0 spiro atoms. The Morgan fingerprint density at radius 3 is 2.79 bits per heavy atom. The van der Waals surface area contributed by atoms with E-state index >= 15 is 0 Å². The third-order valence-corrected chi connectivity index (χ3v) is 4.74. The first-order valence-corrected chi connectivity index (χ1v) is 8.42. The van der Waals surface area contributed by atoms with Gasteiger partial charge in [0.15, 0.2) is 0 Å². The maximum absolute atomic E-state index is 13.0. The Kier molecular flexibility index (Phi) is 5.43. The number of aliphatic hydroxyl groups excluding tert-OH is 1. The first kappa shape index (κ1) is 16.9. The zero-order valence-corrected chi connectivity index (χ0v) is 14.0. The minimum atomic E-state index is -0.362. The second kappa shape index (κ2) is 7.73. The number of aliphatic hydroxyl groups is 1. The molecule has 3 rings (SSSR count). The lowest BCUT2D eigenvalue weighted by Gasteiger charge is -2.36. The molecule has 4 nitrogen and oxygen atoms in total. The van der Waals surface area contributed by atoms with Crippen LogP contribution in [0.2, 0.25) is 0 Å². The molecule has 1 aromatic heterocycles. The number of pyridine rings is 1. The highest BCUT2D eigenvalue weighted by atomic mass is 19.1. The fraction of sp³-hybridized carbons (Fsp3) is 0.421. The molecule has 1 fully saturated rings. The van der Waals surface area contributed by atoms with Gasteiger partial charge in [-0.15, -0.1) is 0 Å². The first-order valence-electron chi connectivity index (χ1n) is 8.42. The summed E-state index contributed by atoms with van der Waals surface area (Å²) >= 11 is 0. The summed E-state index contributed by atoms with van der Waals surface area (Å²) in [5, 5.41) is 13.6. The zero-order valence-electron chi connectivity index (χ0n) is 14.0. The molecule has 1 aliphatic heterocycles. The lowest BCUT2D eigenvalue weighted by Crippen LogP contribution is -2.44. The first-order chi connectivity index (χ1) is 11.7. The van der Waals surface area contributed by atoms with Crippen LogP contribution in [0.5, 0.6) is 0 Å². The van der Waals surface area contributed by atoms with Crippen molar-refractivity contribution in [3.63, 3.8) is 0 Å². The number of rotatable bonds is 5. The highest BCUT2D eigenvalue weighted by Gasteiger charge is 2.28. The van der Waals surface area contributed by atoms with Crippen molar-refractivity contribution in [3.05, 3.63) is 59.5 Å². The number of likely N-dealkylation sites (tertiary alicyclic amines) is 1. The number of benzene rings is 1. The van der Waals surface area contributed by atoms with Crippen LogP contribution in [0.4, 0.5) is 10.2 Å². The van der Waals surface area contributed by atoms with Crippen molar-refractivity contribution in [1.29, 1.82) is 0 Å². The highest BCUT2D eigenvalue weighted by Crippen LogP contribution is 2.24. The minimum absolute atomic E-state index is 0.217. The van der Waals surface area contributed by atoms with Gasteiger partial charge in [-0.3, -0.25) is 4.90 Å². The molecule has 128 valence electrons. The largest absolute Gasteiger partial charge is 0.391 e. The number of nitrogens with one attached hydrogen (secondary N) is 1. The second-order valence-electron chi connectivity index (χ2n) is 6.44. The Hall–Kier alpha value is -1.98. The van der Waals surface area contributed by atoms with Gasteiger partial charge in [0.2, 0.25) is 0 Å². The molecule has 24 heavy (non-hydrogen) atoms. The molecule has 1 aromatic carbocycles. The van der Waals surface area contributed by atoms with Crippen LogP contribution in [0.15, 0.2) is 42.6 Å². The molecule has 0 saturated carbocycles. The number of hydrogen-bond acceptors (Lipinski definition) is 4. The van der Waals surface area contributed by atoms with Gasteiger partial charge in [0.25, 0.3) is 0 Å². The Balaban J connectivity index is 1.57. The van der Waals surface area contributed by atoms with Crippen molar-refractivity contribution in [1.82, 2.24) is 9.88 Å². The number of β-amino-alcohol motifs (C(OH)–C–C–N with tert-alkyl or cyclic N) is 1. The molecule has 2 N–H and O–H groups in total. The fourth-order valence-electron chi connectivity index (χ4n) is 3.38. The van der Waals surface area contributed by atoms with Crippen LogP contribution in [-0.2, 0) is 13.0 Å². The van der Waals surface area contributed by atoms with Crippen molar-refractivity contribution in [2.24, 2.45) is 5.92 Å². The number of nitrogens with zero attached hydrogens (tertiary/aromatic N) is 2. The third-order valence-electron chi connectivity index (χ3n) is 4.74. The number of halogens is 1. The Morgan fingerprint density at radius 2 is 2.08 bits per heavy atom. The van der Waals surface area contributed by atoms with Crippen molar-refractivity contribution < 1.29 is 9.50 Å². The van der Waals surface area contributed by atoms with Gasteiger partial charge in [-0.2, -0.15) is 0 Å². The Bertz CT molecular complexity index is 662. The summed E-state index contributed by atoms with van der Waals surface area (Å²) in [6.45, 7) is 2.38. The monoisotopic (exact) mass is 329 g/mol. The zero-order chi connectivity index (χ0) is 16.9. The number of anilines is 1. The molecule has 0 aliphatic carbocycles. The van der Waals surface area contributed by atoms with E-state index in [0.717, 1.165) is 42.9 Å². The van der Waals surface area contributed by atoms with Crippen molar-refractivity contribution in [3.8, 4) is 0 Å². The predicted molar refractivity (Wildman–Crippen MR) is 93.3 cm³/mol. The molecule has 0 amide bonds. The lowest BCUT2D eigenvalue weighted by atomic mass is 9.87. The van der Waals surface area contributed by atoms with Gasteiger partial charge < -0.3 is 10.4 Å². The number of aromatic nitrogens is 1. The van der Waals surface area contributed by atoms with E-state index in [2.05, 4.69) is 21.3 Å². The van der Waals surface area contributed by atoms with E-state index in [-0.39, 0.29) is 17.8 Å². The van der Waals surface area contributed by atoms with Crippen LogP contribution in [-0.4, -0.2) is 41.2 Å². The summed E-state index contributed by atoms with van der Waals surface area (Å²) in [5.41, 5.74) is 2.22. The van der Waals surface area contributed by atoms with Crippen LogP contribution in [0.3, 0.4) is 0 Å². The highest BCUT2D eigenvalue weighted by molar-refractivity contribution is 5.42. The molecular formula is C19H24FN3O. The Morgan fingerprint density at radius 1 is 1.29 bits per heavy atom. The van der Waals surface area contributed by atoms with E-state index in [1.807, 2.05) is 25.2 Å². The molecule has 2 aromatic rings. The standard InChI is InChI=1S/C19H24FN3O/c1-21-19-16(3-2-9-22-19)12-23-10-8-15(18(24)13-23)11-14-4-6-17(20)7-5-14/h2-7,9,15,18,24H,8,10-13H2,1H3,(H,21,22)/t15-,18+/m1/s1. The summed E-state index contributed by atoms with van der Waals surface area (Å²) in [5.74, 6) is 0.899. The average Bonchev–Trinajstić information content (AvgIpc) is 2.60. The molecule has 0 radical (unpaired) electrons. The fourth-order valence-corrected chi connectivity index (χ4v) is 3.38. The van der Waals surface area contributed by atoms with Gasteiger partial charge in [-0.25, -0.2) is 9.37 Å². The lowest BCUT2D eigenvalue weighted by molar-refractivity contribution is 0.0188. The number of hydrogen-bond donors (Lipinski definition) is 2. The smallest absolute Gasteiger partial charge is 0.130 e. The molecule has 0 unspecified atom stereocenters. The van der Waals surface area contributed by atoms with Gasteiger partial charge in [0.1, 0.15) is 11.6 Å². The topological polar surface area (TPSA) is 48.4 Å². The molecule has 5 heteroatoms. The van der Waals surface area contributed by atoms with Gasteiger partial charge in [-0.1, -0.05) is 18.2 Å². The van der Waals surface area contributed by atoms with E-state index < -0.39 is 0 Å². The van der Waals surface area contributed by atoms with Crippen LogP contribution >= 0.6 is 0 Å². The van der Waals surface area contributed by atoms with Gasteiger partial charge in [0, 0.05) is 31.9 Å². The SMILES string of the molecule is CNc1ncccc1CN1CC[C@H](Cc2ccc(F)cc2)[C@@H](O)C1. The molecular weight excluding hydrogens is 305 g/mol.